The third-order valence-electron chi connectivity index (χ3n) is 7.22. The minimum absolute atomic E-state index is 0.0467. The first-order chi connectivity index (χ1) is 21.6. The third kappa shape index (κ3) is 7.06. The van der Waals surface area contributed by atoms with Gasteiger partial charge in [-0.25, -0.2) is 32.2 Å². The van der Waals surface area contributed by atoms with Crippen LogP contribution in [0.15, 0.2) is 72.0 Å². The first-order valence-corrected chi connectivity index (χ1v) is 15.6. The van der Waals surface area contributed by atoms with Gasteiger partial charge in [-0.3, -0.25) is 14.3 Å². The Labute approximate surface area is 258 Å². The van der Waals surface area contributed by atoms with Crippen LogP contribution in [0.1, 0.15) is 19.8 Å². The molecule has 1 amide bonds. The molecule has 0 bridgehead atoms. The van der Waals surface area contributed by atoms with E-state index in [-0.39, 0.29) is 23.3 Å². The summed E-state index contributed by atoms with van der Waals surface area (Å²) in [7, 11) is -3.14. The molecule has 1 aliphatic heterocycles. The SMILES string of the molecule is CCCC(=O)/C=C/C(=O)N1CCN(c2ncnc3ccc(-c4cnc(OC)c(NS(=O)(=O)c5ccc(F)cc5F)c4)cc23)CC1. The summed E-state index contributed by atoms with van der Waals surface area (Å²) >= 11 is 0. The molecule has 4 aromatic rings. The lowest BCUT2D eigenvalue weighted by atomic mass is 10.0. The second kappa shape index (κ2) is 13.3. The highest BCUT2D eigenvalue weighted by molar-refractivity contribution is 7.92. The van der Waals surface area contributed by atoms with Crippen LogP contribution < -0.4 is 14.4 Å². The van der Waals surface area contributed by atoms with E-state index in [0.717, 1.165) is 23.9 Å². The number of aromatic nitrogens is 3. The molecule has 14 heteroatoms. The van der Waals surface area contributed by atoms with Gasteiger partial charge in [-0.15, -0.1) is 0 Å². The number of carbonyl (C=O) groups is 2. The average Bonchev–Trinajstić information content (AvgIpc) is 3.03. The van der Waals surface area contributed by atoms with Crippen molar-refractivity contribution in [3.63, 3.8) is 0 Å². The number of allylic oxidation sites excluding steroid dienone is 1. The van der Waals surface area contributed by atoms with Crippen molar-refractivity contribution in [1.82, 2.24) is 19.9 Å². The lowest BCUT2D eigenvalue weighted by Gasteiger charge is -2.35. The predicted octanol–water partition coefficient (Wildman–Crippen LogP) is 4.35. The Morgan fingerprint density at radius 1 is 0.978 bits per heavy atom. The fourth-order valence-corrected chi connectivity index (χ4v) is 6.06. The van der Waals surface area contributed by atoms with E-state index in [2.05, 4.69) is 19.7 Å². The van der Waals surface area contributed by atoms with Gasteiger partial charge in [0.1, 0.15) is 34.4 Å². The summed E-state index contributed by atoms with van der Waals surface area (Å²) in [6.45, 7) is 3.81. The van der Waals surface area contributed by atoms with E-state index in [1.54, 1.807) is 17.0 Å². The molecule has 1 N–H and O–H groups in total. The molecule has 0 spiro atoms. The van der Waals surface area contributed by atoms with Crippen LogP contribution in [0.25, 0.3) is 22.0 Å². The number of sulfonamides is 1. The maximum atomic E-state index is 14.3. The van der Waals surface area contributed by atoms with Gasteiger partial charge in [-0.1, -0.05) is 13.0 Å². The molecule has 0 saturated carbocycles. The van der Waals surface area contributed by atoms with Crippen LogP contribution in [0.3, 0.4) is 0 Å². The molecule has 0 atom stereocenters. The molecule has 234 valence electrons. The van der Waals surface area contributed by atoms with E-state index in [1.165, 1.54) is 37.9 Å². The largest absolute Gasteiger partial charge is 0.480 e. The summed E-state index contributed by atoms with van der Waals surface area (Å²) in [6.07, 6.45) is 6.75. The maximum Gasteiger partial charge on any atom is 0.264 e. The van der Waals surface area contributed by atoms with Gasteiger partial charge in [-0.05, 0) is 48.4 Å². The van der Waals surface area contributed by atoms with Gasteiger partial charge in [0.15, 0.2) is 5.78 Å². The molecular formula is C31H30F2N6O5S. The molecule has 0 radical (unpaired) electrons. The molecule has 11 nitrogen and oxygen atoms in total. The van der Waals surface area contributed by atoms with Gasteiger partial charge in [0.05, 0.1) is 12.6 Å². The summed E-state index contributed by atoms with van der Waals surface area (Å²) in [5.41, 5.74) is 1.81. The molecule has 5 rings (SSSR count). The van der Waals surface area contributed by atoms with Gasteiger partial charge in [-0.2, -0.15) is 0 Å². The second-order valence-electron chi connectivity index (χ2n) is 10.3. The second-order valence-corrected chi connectivity index (χ2v) is 11.9. The van der Waals surface area contributed by atoms with Gasteiger partial charge < -0.3 is 14.5 Å². The standard InChI is InChI=1S/C31H30F2N6O5S/c1-3-4-23(40)7-10-29(41)38-11-13-39(14-12-38)30-24-15-20(5-8-26(24)35-19-36-30)21-16-27(31(44-2)34-18-21)37-45(42,43)28-9-6-22(32)17-25(28)33/h5-10,15-19,37H,3-4,11-14H2,1-2H3/b10-7+. The smallest absolute Gasteiger partial charge is 0.264 e. The number of carbonyl (C=O) groups excluding carboxylic acids is 2. The lowest BCUT2D eigenvalue weighted by molar-refractivity contribution is -0.126. The molecule has 1 saturated heterocycles. The number of hydrogen-bond acceptors (Lipinski definition) is 9. The zero-order chi connectivity index (χ0) is 32.1. The Balaban J connectivity index is 1.40. The van der Waals surface area contributed by atoms with Crippen molar-refractivity contribution in [3.05, 3.63) is 78.8 Å². The number of methoxy groups -OCH3 is 1. The number of ketones is 1. The maximum absolute atomic E-state index is 14.3. The summed E-state index contributed by atoms with van der Waals surface area (Å²) in [5, 5.41) is 0.728. The first kappa shape index (κ1) is 31.4. The van der Waals surface area contributed by atoms with E-state index in [0.29, 0.717) is 61.1 Å². The van der Waals surface area contributed by atoms with Crippen molar-refractivity contribution in [2.24, 2.45) is 0 Å². The Morgan fingerprint density at radius 3 is 2.47 bits per heavy atom. The van der Waals surface area contributed by atoms with Gasteiger partial charge in [0, 0.05) is 61.9 Å². The molecule has 1 aliphatic rings. The van der Waals surface area contributed by atoms with Crippen LogP contribution in [0.5, 0.6) is 5.88 Å². The van der Waals surface area contributed by atoms with Crippen LogP contribution >= 0.6 is 0 Å². The molecule has 45 heavy (non-hydrogen) atoms. The number of benzene rings is 2. The Morgan fingerprint density at radius 2 is 1.76 bits per heavy atom. The van der Waals surface area contributed by atoms with Crippen molar-refractivity contribution in [1.29, 1.82) is 0 Å². The third-order valence-corrected chi connectivity index (χ3v) is 8.62. The summed E-state index contributed by atoms with van der Waals surface area (Å²) < 4.78 is 61.2. The normalized spacial score (nSPS) is 13.8. The van der Waals surface area contributed by atoms with Crippen LogP contribution in [-0.2, 0) is 19.6 Å². The van der Waals surface area contributed by atoms with Crippen LogP contribution in [-0.4, -0.2) is 73.2 Å². The van der Waals surface area contributed by atoms with Crippen molar-refractivity contribution in [3.8, 4) is 17.0 Å². The minimum atomic E-state index is -4.46. The number of rotatable bonds is 10. The molecule has 3 heterocycles. The lowest BCUT2D eigenvalue weighted by Crippen LogP contribution is -2.48. The van der Waals surface area contributed by atoms with E-state index in [9.17, 15) is 26.8 Å². The van der Waals surface area contributed by atoms with Crippen LogP contribution in [0.4, 0.5) is 20.3 Å². The van der Waals surface area contributed by atoms with E-state index >= 15 is 0 Å². The highest BCUT2D eigenvalue weighted by Gasteiger charge is 2.24. The number of nitrogens with zero attached hydrogens (tertiary/aromatic N) is 5. The number of halogens is 2. The Hall–Kier alpha value is -4.98. The Kier molecular flexibility index (Phi) is 9.32. The van der Waals surface area contributed by atoms with Gasteiger partial charge in [0.2, 0.25) is 11.8 Å². The highest BCUT2D eigenvalue weighted by Crippen LogP contribution is 2.33. The number of pyridine rings is 1. The fraction of sp³-hybridized carbons (Fsp3) is 0.258. The molecule has 0 aliphatic carbocycles. The zero-order valence-electron chi connectivity index (χ0n) is 24.5. The average molecular weight is 637 g/mol. The summed E-state index contributed by atoms with van der Waals surface area (Å²) in [4.78, 5) is 40.5. The Bertz CT molecular complexity index is 1900. The molecule has 2 aromatic carbocycles. The first-order valence-electron chi connectivity index (χ1n) is 14.1. The molecule has 0 unspecified atom stereocenters. The molecular weight excluding hydrogens is 606 g/mol. The van der Waals surface area contributed by atoms with Crippen LogP contribution in [0.2, 0.25) is 0 Å². The van der Waals surface area contributed by atoms with Crippen molar-refractivity contribution in [2.45, 2.75) is 24.7 Å². The summed E-state index contributed by atoms with van der Waals surface area (Å²) in [5.74, 6) is -1.82. The van der Waals surface area contributed by atoms with Crippen molar-refractivity contribution < 1.29 is 31.5 Å². The van der Waals surface area contributed by atoms with Crippen molar-refractivity contribution >= 4 is 44.1 Å². The summed E-state index contributed by atoms with van der Waals surface area (Å²) in [6, 6.07) is 9.12. The number of hydrogen-bond donors (Lipinski definition) is 1. The number of anilines is 2. The quantitative estimate of drug-likeness (QED) is 0.252. The monoisotopic (exact) mass is 636 g/mol. The van der Waals surface area contributed by atoms with E-state index < -0.39 is 26.6 Å². The number of piperazine rings is 1. The van der Waals surface area contributed by atoms with Crippen molar-refractivity contribution in [2.75, 3.05) is 42.9 Å². The topological polar surface area (TPSA) is 135 Å². The van der Waals surface area contributed by atoms with Crippen LogP contribution in [0, 0.1) is 11.6 Å². The van der Waals surface area contributed by atoms with E-state index in [4.69, 9.17) is 4.74 Å². The van der Waals surface area contributed by atoms with Gasteiger partial charge >= 0.3 is 0 Å². The predicted molar refractivity (Wildman–Crippen MR) is 164 cm³/mol. The molecule has 2 aromatic heterocycles. The number of ether oxygens (including phenoxy) is 1. The number of nitrogens with one attached hydrogen (secondary N) is 1. The molecule has 1 fully saturated rings. The van der Waals surface area contributed by atoms with E-state index in [1.807, 2.05) is 17.9 Å². The zero-order valence-corrected chi connectivity index (χ0v) is 25.4. The minimum Gasteiger partial charge on any atom is -0.480 e. The van der Waals surface area contributed by atoms with Gasteiger partial charge in [0.25, 0.3) is 10.0 Å². The number of fused-ring (bicyclic) bond motifs is 1. The highest BCUT2D eigenvalue weighted by atomic mass is 32.2. The fourth-order valence-electron chi connectivity index (χ4n) is 4.95. The number of amides is 1.